The second-order valence-corrected chi connectivity index (χ2v) is 50.6. The van der Waals surface area contributed by atoms with Gasteiger partial charge in [0, 0.05) is 134 Å². The minimum absolute atomic E-state index is 0.0129. The molecule has 10 aliphatic heterocycles. The number of sulfonamides is 2. The van der Waals surface area contributed by atoms with E-state index in [1.54, 1.807) is 13.5 Å². The van der Waals surface area contributed by atoms with Crippen molar-refractivity contribution < 1.29 is 39.6 Å². The van der Waals surface area contributed by atoms with Gasteiger partial charge in [0.15, 0.2) is 0 Å². The fourth-order valence-electron chi connectivity index (χ4n) is 19.0. The number of amidine groups is 5. The molecule has 1 aliphatic carbocycles. The van der Waals surface area contributed by atoms with E-state index in [1.807, 2.05) is 81.1 Å². The highest BCUT2D eigenvalue weighted by molar-refractivity contribution is 7.90. The van der Waals surface area contributed by atoms with Crippen LogP contribution in [0.1, 0.15) is 338 Å². The number of nitrogens with zero attached hydrogens (tertiary/aromatic N) is 15. The van der Waals surface area contributed by atoms with Crippen LogP contribution in [0.5, 0.6) is 0 Å². The average Bonchev–Trinajstić information content (AvgIpc) is 1.19. The monoisotopic (exact) mass is 1860 g/mol. The fraction of sp³-hybridized carbons (Fsp3) is 0.830. The molecule has 25 nitrogen and oxygen atoms in total. The molecule has 1 saturated carbocycles. The van der Waals surface area contributed by atoms with E-state index < -0.39 is 30.3 Å². The summed E-state index contributed by atoms with van der Waals surface area (Å²) in [4.78, 5) is 64.6. The van der Waals surface area contributed by atoms with Crippen molar-refractivity contribution >= 4 is 71.4 Å². The van der Waals surface area contributed by atoms with Crippen LogP contribution < -0.4 is 4.72 Å². The van der Waals surface area contributed by atoms with E-state index >= 15 is 0 Å². The zero-order chi connectivity index (χ0) is 100. The van der Waals surface area contributed by atoms with Gasteiger partial charge in [0.2, 0.25) is 26.0 Å². The van der Waals surface area contributed by atoms with E-state index in [0.29, 0.717) is 78.4 Å². The minimum Gasteiger partial charge on any atom is -0.453 e. The van der Waals surface area contributed by atoms with Crippen molar-refractivity contribution in [3.8, 4) is 0 Å². The van der Waals surface area contributed by atoms with Gasteiger partial charge in [0.1, 0.15) is 29.2 Å². The van der Waals surface area contributed by atoms with Crippen LogP contribution in [0.4, 0.5) is 4.79 Å². The normalized spacial score (nSPS) is 22.6. The Morgan fingerprint density at radius 2 is 0.555 bits per heavy atom. The lowest BCUT2D eigenvalue weighted by Gasteiger charge is -2.48. The Morgan fingerprint density at radius 1 is 0.336 bits per heavy atom. The molecule has 10 heterocycles. The van der Waals surface area contributed by atoms with Gasteiger partial charge in [0.25, 0.3) is 10.2 Å². The lowest BCUT2D eigenvalue weighted by molar-refractivity contribution is -0.131. The molecule has 0 unspecified atom stereocenters. The standard InChI is InChI=1S/C19H33N3O2S.C19H33N3O.C18H31N3O2.C17H32N4O2S.C17H31N3O2S.5C2H6/c1-13-16(18(2,3)4)15-12-21(25(23,24)14-8-9-14)10-11-22(15)17(20-13)19(5,6)7;1-9-15(23)21-10-11-22-14(12-21)16(18(3,4)5)13(2)20-17(22)19(6,7)8;1-12-14(17(2,3)4)13-11-20(16(22)23-8)9-10-21(13)15(19-12)18(5,6)7;1-12-14(16(2,3)4)13-11-20(24(22,23)18-8)9-10-21(13)15(19-12)17(5,6)7;1-12-14(16(2,3)4)13-11-19(23(8,21)22)9-10-20(13)15(18-12)17(5,6)7;5*1-2/h13-14H,8-12H2,1-7H3;13H,9-12H2,1-8H3;12H,9-11H2,1-8H3;12,18H,9-11H2,1-8H3;12H,9-11H2,1-8H3;5*1-2H3/t2*13-;3*12-;;;;;/m00000...../s1. The van der Waals surface area contributed by atoms with Gasteiger partial charge in [-0.15, -0.1) is 0 Å². The third-order valence-electron chi connectivity index (χ3n) is 23.6. The van der Waals surface area contributed by atoms with Crippen molar-refractivity contribution in [1.82, 2.24) is 51.9 Å². The van der Waals surface area contributed by atoms with Crippen LogP contribution in [-0.2, 0) is 39.8 Å². The Bertz CT molecular complexity index is 4330. The van der Waals surface area contributed by atoms with Crippen LogP contribution in [-0.4, -0.2) is 268 Å². The topological polar surface area (TPSA) is 252 Å². The number of amides is 2. The molecule has 0 aromatic heterocycles. The first-order valence-electron chi connectivity index (χ1n) is 48.5. The first-order chi connectivity index (χ1) is 58.3. The lowest BCUT2D eigenvalue weighted by Crippen LogP contribution is -2.56. The van der Waals surface area contributed by atoms with Gasteiger partial charge in [-0.3, -0.25) is 29.8 Å². The highest BCUT2D eigenvalue weighted by Gasteiger charge is 2.50. The highest BCUT2D eigenvalue weighted by Crippen LogP contribution is 2.48. The minimum atomic E-state index is -3.43. The van der Waals surface area contributed by atoms with Crippen molar-refractivity contribution in [2.75, 3.05) is 119 Å². The van der Waals surface area contributed by atoms with Crippen molar-refractivity contribution in [3.05, 3.63) is 56.4 Å². The third-order valence-corrected chi connectivity index (χ3v) is 28.7. The Labute approximate surface area is 785 Å². The molecule has 0 radical (unpaired) electrons. The molecule has 742 valence electrons. The fourth-order valence-corrected chi connectivity index (χ4v) is 22.4. The Balaban J connectivity index is 0.000000528. The van der Waals surface area contributed by atoms with Crippen LogP contribution in [0.2, 0.25) is 0 Å². The van der Waals surface area contributed by atoms with Crippen molar-refractivity contribution in [2.45, 2.75) is 373 Å². The van der Waals surface area contributed by atoms with Gasteiger partial charge in [-0.05, 0) is 102 Å². The van der Waals surface area contributed by atoms with Crippen LogP contribution >= 0.6 is 0 Å². The van der Waals surface area contributed by atoms with Gasteiger partial charge in [-0.2, -0.15) is 21.3 Å². The number of carbonyl (C=O) groups excluding carboxylic acids is 2. The molecular formula is C100H190N16O9S3. The highest BCUT2D eigenvalue weighted by atomic mass is 32.2. The number of piperazine rings is 5. The molecule has 0 aromatic carbocycles. The van der Waals surface area contributed by atoms with E-state index in [2.05, 4.69) is 272 Å². The van der Waals surface area contributed by atoms with Crippen LogP contribution in [0.15, 0.2) is 81.3 Å². The largest absolute Gasteiger partial charge is 0.453 e. The molecule has 2 amide bonds. The average molecular weight is 1860 g/mol. The number of carbonyl (C=O) groups is 2. The number of aliphatic imine (C=N–C) groups is 5. The summed E-state index contributed by atoms with van der Waals surface area (Å²) in [6, 6.07) is 0.530. The number of hydrogen-bond acceptors (Lipinski definition) is 19. The quantitative estimate of drug-likeness (QED) is 0.260. The second kappa shape index (κ2) is 45.7. The van der Waals surface area contributed by atoms with Crippen molar-refractivity contribution in [1.29, 1.82) is 0 Å². The summed E-state index contributed by atoms with van der Waals surface area (Å²) in [7, 11) is -6.85. The smallest absolute Gasteiger partial charge is 0.409 e. The maximum absolute atomic E-state index is 12.8. The predicted octanol–water partition coefficient (Wildman–Crippen LogP) is 20.5. The van der Waals surface area contributed by atoms with Crippen LogP contribution in [0.3, 0.4) is 0 Å². The Kier molecular flexibility index (Phi) is 42.3. The molecule has 0 aromatic rings. The van der Waals surface area contributed by atoms with E-state index in [1.165, 1.54) is 64.0 Å². The zero-order valence-corrected chi connectivity index (χ0v) is 93.2. The first-order valence-corrected chi connectivity index (χ1v) is 53.3. The summed E-state index contributed by atoms with van der Waals surface area (Å²) in [6.07, 6.45) is 3.26. The summed E-state index contributed by atoms with van der Waals surface area (Å²) in [5.74, 6) is 5.75. The van der Waals surface area contributed by atoms with E-state index in [9.17, 15) is 34.8 Å². The van der Waals surface area contributed by atoms with Gasteiger partial charge in [-0.1, -0.05) is 284 Å². The summed E-state index contributed by atoms with van der Waals surface area (Å²) in [6.45, 7) is 108. The number of rotatable bonds is 6. The molecule has 5 atom stereocenters. The number of methoxy groups -OCH3 is 1. The Morgan fingerprint density at radius 3 is 0.781 bits per heavy atom. The number of nitrogens with one attached hydrogen (secondary N) is 1. The molecule has 5 saturated heterocycles. The number of ether oxygens (including phenoxy) is 1. The van der Waals surface area contributed by atoms with Gasteiger partial charge in [0.05, 0.1) is 81.5 Å². The summed E-state index contributed by atoms with van der Waals surface area (Å²) < 4.78 is 86.4. The maximum Gasteiger partial charge on any atom is 0.409 e. The molecule has 11 rings (SSSR count). The zero-order valence-electron chi connectivity index (χ0n) is 90.8. The maximum atomic E-state index is 12.8. The number of fused-ring (bicyclic) bond motifs is 5. The molecule has 11 aliphatic rings. The molecule has 0 spiro atoms. The van der Waals surface area contributed by atoms with Crippen LogP contribution in [0, 0.1) is 54.1 Å². The molecule has 1 N–H and O–H groups in total. The molecule has 128 heavy (non-hydrogen) atoms. The summed E-state index contributed by atoms with van der Waals surface area (Å²) in [5.41, 5.74) is 12.1. The summed E-state index contributed by atoms with van der Waals surface area (Å²) in [5, 5.41) is -0.144. The number of hydrogen-bond donors (Lipinski definition) is 1. The first kappa shape index (κ1) is 119. The van der Waals surface area contributed by atoms with Gasteiger partial charge >= 0.3 is 6.09 Å². The van der Waals surface area contributed by atoms with Crippen LogP contribution in [0.25, 0.3) is 0 Å². The van der Waals surface area contributed by atoms with Crippen molar-refractivity contribution in [2.24, 2.45) is 79.1 Å². The molecule has 28 heteroatoms. The van der Waals surface area contributed by atoms with Gasteiger partial charge < -0.3 is 39.0 Å². The molecule has 6 fully saturated rings. The SMILES string of the molecule is CC.CC.CC.CC.CC.CCC(=O)N1CCN2C(C(C)(C)C)=N[C@@H](C)C(C(C)(C)C)=C2C1.CNS(=O)(=O)N1CCN2C(C(C)(C)C)=N[C@@H](C)C(C(C)(C)C)=C2C1.COC(=O)N1CCN2C(C(C)(C)C)=N[C@@H](C)C(C(C)(C)C)=C2C1.C[C@@H]1N=C(C(C)(C)C)N2CCN(S(=O)(=O)C3CC3)CC2=C1C(C)(C)C.C[C@@H]1N=C(C(C)(C)C)N2CCN(S(C)(=O)=O)CC2=C1C(C)(C)C. The third kappa shape index (κ3) is 29.5. The molecule has 0 bridgehead atoms. The second-order valence-electron chi connectivity index (χ2n) is 44.5. The van der Waals surface area contributed by atoms with E-state index in [0.717, 1.165) is 85.3 Å². The predicted molar refractivity (Wildman–Crippen MR) is 545 cm³/mol. The van der Waals surface area contributed by atoms with E-state index in [4.69, 9.17) is 29.7 Å². The summed E-state index contributed by atoms with van der Waals surface area (Å²) >= 11 is 0. The Hall–Kier alpha value is -5.52. The lowest BCUT2D eigenvalue weighted by atomic mass is 9.78. The van der Waals surface area contributed by atoms with E-state index in [-0.39, 0.29) is 102 Å². The van der Waals surface area contributed by atoms with Crippen molar-refractivity contribution in [3.63, 3.8) is 0 Å². The van der Waals surface area contributed by atoms with Gasteiger partial charge in [-0.25, -0.2) is 26.4 Å². The molecular weight excluding hydrogens is 1670 g/mol.